The maximum absolute atomic E-state index is 6.55. The molecule has 1 aromatic rings. The van der Waals surface area contributed by atoms with Crippen LogP contribution in [0.3, 0.4) is 0 Å². The molecule has 4 rings (SSSR count). The lowest BCUT2D eigenvalue weighted by molar-refractivity contribution is 0.281. The molecule has 3 aliphatic carbocycles. The van der Waals surface area contributed by atoms with Crippen molar-refractivity contribution in [1.82, 2.24) is 0 Å². The molecule has 102 valence electrons. The van der Waals surface area contributed by atoms with Crippen LogP contribution in [0.5, 0.6) is 5.75 Å². The summed E-state index contributed by atoms with van der Waals surface area (Å²) in [5.41, 5.74) is 7.82. The lowest BCUT2D eigenvalue weighted by Gasteiger charge is -2.28. The van der Waals surface area contributed by atoms with Gasteiger partial charge in [-0.1, -0.05) is 18.6 Å². The Bertz CT molecular complexity index is 468. The molecule has 3 saturated carbocycles. The maximum Gasteiger partial charge on any atom is 0.120 e. The topological polar surface area (TPSA) is 35.2 Å². The van der Waals surface area contributed by atoms with Gasteiger partial charge in [0.05, 0.1) is 6.10 Å². The molecule has 2 nitrogen and oxygen atoms in total. The average Bonchev–Trinajstić information content (AvgIpc) is 3.01. The summed E-state index contributed by atoms with van der Waals surface area (Å²) < 4.78 is 5.89. The van der Waals surface area contributed by atoms with E-state index in [4.69, 9.17) is 10.5 Å². The van der Waals surface area contributed by atoms with Crippen molar-refractivity contribution in [3.05, 3.63) is 29.8 Å². The molecule has 0 radical (unpaired) electrons. The Kier molecular flexibility index (Phi) is 2.80. The molecule has 4 atom stereocenters. The van der Waals surface area contributed by atoms with Crippen molar-refractivity contribution in [3.63, 3.8) is 0 Å². The highest BCUT2D eigenvalue weighted by atomic mass is 16.5. The first-order valence-electron chi connectivity index (χ1n) is 7.82. The first-order chi connectivity index (χ1) is 9.29. The van der Waals surface area contributed by atoms with Gasteiger partial charge < -0.3 is 10.5 Å². The zero-order chi connectivity index (χ0) is 12.8. The number of benzene rings is 1. The molecule has 3 aliphatic rings. The second-order valence-corrected chi connectivity index (χ2v) is 6.75. The van der Waals surface area contributed by atoms with E-state index >= 15 is 0 Å². The normalized spacial score (nSPS) is 34.5. The van der Waals surface area contributed by atoms with Crippen LogP contribution in [0.2, 0.25) is 0 Å². The minimum absolute atomic E-state index is 0.207. The van der Waals surface area contributed by atoms with Crippen molar-refractivity contribution in [3.8, 4) is 5.75 Å². The first kappa shape index (κ1) is 11.8. The molecule has 2 bridgehead atoms. The van der Waals surface area contributed by atoms with Crippen molar-refractivity contribution in [1.29, 1.82) is 0 Å². The van der Waals surface area contributed by atoms with Crippen molar-refractivity contribution in [2.45, 2.75) is 50.7 Å². The van der Waals surface area contributed by atoms with Gasteiger partial charge in [0.2, 0.25) is 0 Å². The summed E-state index contributed by atoms with van der Waals surface area (Å²) in [4.78, 5) is 0. The fourth-order valence-corrected chi connectivity index (χ4v) is 4.15. The Morgan fingerprint density at radius 2 is 2.00 bits per heavy atom. The number of rotatable bonds is 4. The third kappa shape index (κ3) is 2.27. The van der Waals surface area contributed by atoms with Gasteiger partial charge in [-0.2, -0.15) is 0 Å². The van der Waals surface area contributed by atoms with Crippen molar-refractivity contribution in [2.75, 3.05) is 0 Å². The highest BCUT2D eigenvalue weighted by molar-refractivity contribution is 5.31. The van der Waals surface area contributed by atoms with E-state index in [0.29, 0.717) is 12.0 Å². The molecule has 0 heterocycles. The Morgan fingerprint density at radius 1 is 1.11 bits per heavy atom. The smallest absolute Gasteiger partial charge is 0.120 e. The number of hydrogen-bond acceptors (Lipinski definition) is 2. The molecule has 0 spiro atoms. The number of nitrogens with two attached hydrogens (primary N) is 1. The Balaban J connectivity index is 1.51. The largest absolute Gasteiger partial charge is 0.490 e. The van der Waals surface area contributed by atoms with Crippen LogP contribution in [0, 0.1) is 17.8 Å². The lowest BCUT2D eigenvalue weighted by Crippen LogP contribution is -2.25. The molecule has 19 heavy (non-hydrogen) atoms. The first-order valence-corrected chi connectivity index (χ1v) is 7.82. The van der Waals surface area contributed by atoms with E-state index in [0.717, 1.165) is 17.6 Å². The maximum atomic E-state index is 6.55. The fourth-order valence-electron chi connectivity index (χ4n) is 4.15. The molecular formula is C17H23NO. The highest BCUT2D eigenvalue weighted by Gasteiger charge is 2.42. The second-order valence-electron chi connectivity index (χ2n) is 6.75. The zero-order valence-electron chi connectivity index (χ0n) is 11.4. The van der Waals surface area contributed by atoms with E-state index in [1.54, 1.807) is 0 Å². The molecule has 2 heteroatoms. The quantitative estimate of drug-likeness (QED) is 0.893. The number of hydrogen-bond donors (Lipinski definition) is 1. The highest BCUT2D eigenvalue weighted by Crippen LogP contribution is 2.52. The van der Waals surface area contributed by atoms with Gasteiger partial charge in [-0.05, 0) is 67.6 Å². The molecule has 0 aliphatic heterocycles. The molecular weight excluding hydrogens is 234 g/mol. The van der Waals surface area contributed by atoms with Crippen LogP contribution in [0.1, 0.15) is 50.1 Å². The van der Waals surface area contributed by atoms with Crippen molar-refractivity contribution in [2.24, 2.45) is 23.5 Å². The minimum Gasteiger partial charge on any atom is -0.490 e. The lowest BCUT2D eigenvalue weighted by atomic mass is 9.81. The van der Waals surface area contributed by atoms with Gasteiger partial charge in [0.25, 0.3) is 0 Å². The van der Waals surface area contributed by atoms with Crippen LogP contribution in [0.15, 0.2) is 24.3 Å². The van der Waals surface area contributed by atoms with Crippen LogP contribution < -0.4 is 10.5 Å². The zero-order valence-corrected chi connectivity index (χ0v) is 11.4. The van der Waals surface area contributed by atoms with E-state index in [1.165, 1.54) is 44.1 Å². The number of fused-ring (bicyclic) bond motifs is 2. The van der Waals surface area contributed by atoms with E-state index in [1.807, 2.05) is 0 Å². The summed E-state index contributed by atoms with van der Waals surface area (Å²) >= 11 is 0. The van der Waals surface area contributed by atoms with Gasteiger partial charge in [-0.25, -0.2) is 0 Å². The molecule has 0 amide bonds. The van der Waals surface area contributed by atoms with Gasteiger partial charge in [0, 0.05) is 6.04 Å². The van der Waals surface area contributed by atoms with Crippen LogP contribution in [-0.2, 0) is 0 Å². The van der Waals surface area contributed by atoms with Crippen LogP contribution >= 0.6 is 0 Å². The van der Waals surface area contributed by atoms with E-state index in [2.05, 4.69) is 24.3 Å². The monoisotopic (exact) mass is 257 g/mol. The summed E-state index contributed by atoms with van der Waals surface area (Å²) in [5, 5.41) is 0. The molecule has 0 saturated heterocycles. The second kappa shape index (κ2) is 4.52. The Hall–Kier alpha value is -1.02. The van der Waals surface area contributed by atoms with Crippen LogP contribution in [-0.4, -0.2) is 6.10 Å². The SMILES string of the molecule is NC(c1cccc(OC2CC2)c1)C1CC2CCC1C2. The molecule has 0 aromatic heterocycles. The van der Waals surface area contributed by atoms with Crippen molar-refractivity contribution >= 4 is 0 Å². The predicted molar refractivity (Wildman–Crippen MR) is 76.0 cm³/mol. The summed E-state index contributed by atoms with van der Waals surface area (Å²) in [5.74, 6) is 3.56. The minimum atomic E-state index is 0.207. The molecule has 3 fully saturated rings. The third-order valence-corrected chi connectivity index (χ3v) is 5.32. The van der Waals surface area contributed by atoms with Gasteiger partial charge in [0.1, 0.15) is 5.75 Å². The standard InChI is InChI=1S/C17H23NO/c18-17(16-9-11-4-5-12(16)8-11)13-2-1-3-15(10-13)19-14-6-7-14/h1-3,10-12,14,16-17H,4-9,18H2. The third-order valence-electron chi connectivity index (χ3n) is 5.32. The molecule has 1 aromatic carbocycles. The Morgan fingerprint density at radius 3 is 2.68 bits per heavy atom. The fraction of sp³-hybridized carbons (Fsp3) is 0.647. The Labute approximate surface area is 115 Å². The van der Waals surface area contributed by atoms with Crippen molar-refractivity contribution < 1.29 is 4.74 Å². The van der Waals surface area contributed by atoms with E-state index in [-0.39, 0.29) is 6.04 Å². The van der Waals surface area contributed by atoms with Crippen LogP contribution in [0.25, 0.3) is 0 Å². The van der Waals surface area contributed by atoms with E-state index in [9.17, 15) is 0 Å². The summed E-state index contributed by atoms with van der Waals surface area (Å²) in [6.45, 7) is 0. The van der Waals surface area contributed by atoms with Gasteiger partial charge >= 0.3 is 0 Å². The predicted octanol–water partition coefficient (Wildman–Crippen LogP) is 3.66. The summed E-state index contributed by atoms with van der Waals surface area (Å²) in [7, 11) is 0. The van der Waals surface area contributed by atoms with Crippen LogP contribution in [0.4, 0.5) is 0 Å². The summed E-state index contributed by atoms with van der Waals surface area (Å²) in [6, 6.07) is 8.72. The molecule has 4 unspecified atom stereocenters. The molecule has 2 N–H and O–H groups in total. The van der Waals surface area contributed by atoms with Gasteiger partial charge in [0.15, 0.2) is 0 Å². The summed E-state index contributed by atoms with van der Waals surface area (Å²) in [6.07, 6.45) is 8.51. The van der Waals surface area contributed by atoms with Gasteiger partial charge in [-0.15, -0.1) is 0 Å². The van der Waals surface area contributed by atoms with Gasteiger partial charge in [-0.3, -0.25) is 0 Å². The number of ether oxygens (including phenoxy) is 1. The average molecular weight is 257 g/mol. The van der Waals surface area contributed by atoms with E-state index < -0.39 is 0 Å².